The van der Waals surface area contributed by atoms with Crippen LogP contribution in [-0.4, -0.2) is 31.3 Å². The number of halogens is 2. The quantitative estimate of drug-likeness (QED) is 0.841. The summed E-state index contributed by atoms with van der Waals surface area (Å²) in [5.41, 5.74) is 0.487. The number of benzene rings is 1. The second-order valence-electron chi connectivity index (χ2n) is 4.48. The Balaban J connectivity index is 2.13. The summed E-state index contributed by atoms with van der Waals surface area (Å²) in [6.07, 6.45) is 4.00. The van der Waals surface area contributed by atoms with Crippen molar-refractivity contribution in [1.82, 2.24) is 10.6 Å². The van der Waals surface area contributed by atoms with Crippen molar-refractivity contribution in [3.05, 3.63) is 27.7 Å². The molecule has 1 aromatic carbocycles. The molecule has 0 aliphatic carbocycles. The Morgan fingerprint density at radius 2 is 2.21 bits per heavy atom. The summed E-state index contributed by atoms with van der Waals surface area (Å²) >= 11 is 13.7. The van der Waals surface area contributed by atoms with Crippen molar-refractivity contribution in [3.63, 3.8) is 0 Å². The first-order chi connectivity index (χ1) is 9.11. The number of hydrogen-bond acceptors (Lipinski definition) is 3. The number of rotatable bonds is 3. The smallest absolute Gasteiger partial charge is 0.253 e. The molecule has 0 bridgehead atoms. The molecular formula is C13H16Cl2N2OS. The number of carbonyl (C=O) groups is 1. The highest BCUT2D eigenvalue weighted by atomic mass is 35.5. The molecule has 2 N–H and O–H groups in total. The number of nitrogens with one attached hydrogen (secondary N) is 2. The van der Waals surface area contributed by atoms with Crippen molar-refractivity contribution >= 4 is 40.9 Å². The predicted octanol–water partition coefficient (Wildman–Crippen LogP) is 3.20. The summed E-state index contributed by atoms with van der Waals surface area (Å²) < 4.78 is 0. The lowest BCUT2D eigenvalue weighted by Crippen LogP contribution is -2.45. The maximum absolute atomic E-state index is 12.2. The lowest BCUT2D eigenvalue weighted by molar-refractivity contribution is 0.0930. The van der Waals surface area contributed by atoms with E-state index in [0.29, 0.717) is 15.6 Å². The largest absolute Gasteiger partial charge is 0.348 e. The highest BCUT2D eigenvalue weighted by Gasteiger charge is 2.19. The van der Waals surface area contributed by atoms with Gasteiger partial charge in [-0.05, 0) is 37.8 Å². The molecule has 1 aliphatic heterocycles. The predicted molar refractivity (Wildman–Crippen MR) is 81.6 cm³/mol. The number of thioether (sulfide) groups is 1. The van der Waals surface area contributed by atoms with Crippen LogP contribution in [0.2, 0.25) is 10.0 Å². The SMILES string of the molecule is CSc1cc(C(=O)NC2CCCNC2)c(Cl)cc1Cl. The second kappa shape index (κ2) is 6.84. The van der Waals surface area contributed by atoms with Gasteiger partial charge in [0, 0.05) is 17.5 Å². The van der Waals surface area contributed by atoms with Crippen molar-refractivity contribution in [1.29, 1.82) is 0 Å². The zero-order valence-corrected chi connectivity index (χ0v) is 13.0. The zero-order chi connectivity index (χ0) is 13.8. The third-order valence-corrected chi connectivity index (χ3v) is 4.63. The fourth-order valence-corrected chi connectivity index (χ4v) is 3.29. The van der Waals surface area contributed by atoms with E-state index in [0.717, 1.165) is 30.8 Å². The molecule has 6 heteroatoms. The molecule has 104 valence electrons. The minimum Gasteiger partial charge on any atom is -0.348 e. The van der Waals surface area contributed by atoms with Gasteiger partial charge in [-0.25, -0.2) is 0 Å². The van der Waals surface area contributed by atoms with E-state index in [1.165, 1.54) is 11.8 Å². The van der Waals surface area contributed by atoms with Gasteiger partial charge in [0.05, 0.1) is 15.6 Å². The third-order valence-electron chi connectivity index (χ3n) is 3.12. The number of hydrogen-bond donors (Lipinski definition) is 2. The van der Waals surface area contributed by atoms with Crippen molar-refractivity contribution in [2.75, 3.05) is 19.3 Å². The Bertz CT molecular complexity index is 476. The molecule has 1 unspecified atom stereocenters. The summed E-state index contributed by atoms with van der Waals surface area (Å²) in [6, 6.07) is 3.55. The van der Waals surface area contributed by atoms with Crippen LogP contribution in [0.15, 0.2) is 17.0 Å². The van der Waals surface area contributed by atoms with Gasteiger partial charge in [0.25, 0.3) is 5.91 Å². The van der Waals surface area contributed by atoms with E-state index >= 15 is 0 Å². The molecule has 3 nitrogen and oxygen atoms in total. The number of amides is 1. The van der Waals surface area contributed by atoms with Crippen LogP contribution in [0.4, 0.5) is 0 Å². The topological polar surface area (TPSA) is 41.1 Å². The summed E-state index contributed by atoms with van der Waals surface area (Å²) in [5, 5.41) is 7.24. The van der Waals surface area contributed by atoms with E-state index in [1.54, 1.807) is 12.1 Å². The van der Waals surface area contributed by atoms with Crippen LogP contribution in [0.3, 0.4) is 0 Å². The average molecular weight is 319 g/mol. The minimum atomic E-state index is -0.134. The van der Waals surface area contributed by atoms with E-state index < -0.39 is 0 Å². The van der Waals surface area contributed by atoms with Crippen molar-refractivity contribution in [3.8, 4) is 0 Å². The Hall–Kier alpha value is -0.420. The highest BCUT2D eigenvalue weighted by molar-refractivity contribution is 7.98. The number of carbonyl (C=O) groups excluding carboxylic acids is 1. The molecule has 1 amide bonds. The molecule has 2 rings (SSSR count). The molecular weight excluding hydrogens is 303 g/mol. The molecule has 0 saturated carbocycles. The maximum Gasteiger partial charge on any atom is 0.253 e. The van der Waals surface area contributed by atoms with Gasteiger partial charge < -0.3 is 10.6 Å². The summed E-state index contributed by atoms with van der Waals surface area (Å²) in [7, 11) is 0. The lowest BCUT2D eigenvalue weighted by atomic mass is 10.1. The fourth-order valence-electron chi connectivity index (χ4n) is 2.10. The Labute approximate surface area is 127 Å². The van der Waals surface area contributed by atoms with Gasteiger partial charge in [-0.2, -0.15) is 0 Å². The lowest BCUT2D eigenvalue weighted by Gasteiger charge is -2.24. The summed E-state index contributed by atoms with van der Waals surface area (Å²) in [6.45, 7) is 1.83. The normalized spacial score (nSPS) is 19.2. The van der Waals surface area contributed by atoms with Gasteiger partial charge in [0.1, 0.15) is 0 Å². The van der Waals surface area contributed by atoms with Crippen LogP contribution in [-0.2, 0) is 0 Å². The molecule has 1 aromatic rings. The van der Waals surface area contributed by atoms with Gasteiger partial charge >= 0.3 is 0 Å². The van der Waals surface area contributed by atoms with Gasteiger partial charge in [-0.3, -0.25) is 4.79 Å². The third kappa shape index (κ3) is 3.78. The highest BCUT2D eigenvalue weighted by Crippen LogP contribution is 2.31. The van der Waals surface area contributed by atoms with E-state index in [-0.39, 0.29) is 11.9 Å². The monoisotopic (exact) mass is 318 g/mol. The molecule has 19 heavy (non-hydrogen) atoms. The summed E-state index contributed by atoms with van der Waals surface area (Å²) in [4.78, 5) is 13.1. The van der Waals surface area contributed by atoms with Crippen molar-refractivity contribution in [2.45, 2.75) is 23.8 Å². The van der Waals surface area contributed by atoms with Crippen molar-refractivity contribution in [2.24, 2.45) is 0 Å². The first-order valence-electron chi connectivity index (χ1n) is 6.16. The Morgan fingerprint density at radius 1 is 1.42 bits per heavy atom. The van der Waals surface area contributed by atoms with E-state index in [9.17, 15) is 4.79 Å². The van der Waals surface area contributed by atoms with E-state index in [2.05, 4.69) is 10.6 Å². The minimum absolute atomic E-state index is 0.134. The van der Waals surface area contributed by atoms with Crippen LogP contribution in [0.1, 0.15) is 23.2 Å². The Morgan fingerprint density at radius 3 is 2.84 bits per heavy atom. The van der Waals surface area contributed by atoms with Gasteiger partial charge in [0.2, 0.25) is 0 Å². The van der Waals surface area contributed by atoms with E-state index in [1.807, 2.05) is 6.26 Å². The van der Waals surface area contributed by atoms with Crippen LogP contribution < -0.4 is 10.6 Å². The van der Waals surface area contributed by atoms with Crippen molar-refractivity contribution < 1.29 is 4.79 Å². The van der Waals surface area contributed by atoms with E-state index in [4.69, 9.17) is 23.2 Å². The van der Waals surface area contributed by atoms with Gasteiger partial charge in [0.15, 0.2) is 0 Å². The first kappa shape index (κ1) is 15.0. The first-order valence-corrected chi connectivity index (χ1v) is 8.14. The fraction of sp³-hybridized carbons (Fsp3) is 0.462. The molecule has 0 aromatic heterocycles. The molecule has 1 aliphatic rings. The second-order valence-corrected chi connectivity index (χ2v) is 6.15. The van der Waals surface area contributed by atoms with Crippen LogP contribution in [0, 0.1) is 0 Å². The zero-order valence-electron chi connectivity index (χ0n) is 10.6. The van der Waals surface area contributed by atoms with Gasteiger partial charge in [-0.15, -0.1) is 11.8 Å². The molecule has 1 saturated heterocycles. The molecule has 0 spiro atoms. The standard InChI is InChI=1S/C13H16Cl2N2OS/c1-19-12-5-9(10(14)6-11(12)15)13(18)17-8-3-2-4-16-7-8/h5-6,8,16H,2-4,7H2,1H3,(H,17,18). The van der Waals surface area contributed by atoms with Crippen LogP contribution in [0.25, 0.3) is 0 Å². The number of piperidine rings is 1. The Kier molecular flexibility index (Phi) is 5.39. The maximum atomic E-state index is 12.2. The molecule has 1 fully saturated rings. The van der Waals surface area contributed by atoms with Gasteiger partial charge in [-0.1, -0.05) is 23.2 Å². The molecule has 1 heterocycles. The molecule has 0 radical (unpaired) electrons. The molecule has 1 atom stereocenters. The average Bonchev–Trinajstić information content (AvgIpc) is 2.40. The summed E-state index contributed by atoms with van der Waals surface area (Å²) in [5.74, 6) is -0.134. The van der Waals surface area contributed by atoms with Crippen LogP contribution >= 0.6 is 35.0 Å². The van der Waals surface area contributed by atoms with Crippen LogP contribution in [0.5, 0.6) is 0 Å².